The molecule has 1 amide bonds. The summed E-state index contributed by atoms with van der Waals surface area (Å²) < 4.78 is 0. The molecule has 8 heteroatoms. The Morgan fingerprint density at radius 3 is 2.75 bits per heavy atom. The monoisotopic (exact) mass is 279 g/mol. The lowest BCUT2D eigenvalue weighted by Crippen LogP contribution is -2.35. The Hall–Kier alpha value is -2.48. The van der Waals surface area contributed by atoms with Crippen molar-refractivity contribution in [2.75, 3.05) is 11.9 Å². The molecule has 0 spiro atoms. The smallest absolute Gasteiger partial charge is 0.337 e. The van der Waals surface area contributed by atoms with Gasteiger partial charge in [-0.1, -0.05) is 0 Å². The highest BCUT2D eigenvalue weighted by molar-refractivity contribution is 6.02. The standard InChI is InChI=1S/C12H13N3O5/c16-11(9-2-1-5-13-9)14-10-6-7(15(19)20)3-4-8(10)12(17)18/h3-4,6,9,13H,1-2,5H2,(H,14,16)(H,17,18). The summed E-state index contributed by atoms with van der Waals surface area (Å²) in [4.78, 5) is 33.1. The predicted molar refractivity (Wildman–Crippen MR) is 69.7 cm³/mol. The summed E-state index contributed by atoms with van der Waals surface area (Å²) in [6.45, 7) is 0.721. The Bertz CT molecular complexity index is 566. The lowest BCUT2D eigenvalue weighted by molar-refractivity contribution is -0.384. The quantitative estimate of drug-likeness (QED) is 0.558. The fourth-order valence-electron chi connectivity index (χ4n) is 2.06. The molecule has 8 nitrogen and oxygen atoms in total. The Morgan fingerprint density at radius 1 is 1.45 bits per heavy atom. The zero-order valence-corrected chi connectivity index (χ0v) is 10.5. The summed E-state index contributed by atoms with van der Waals surface area (Å²) in [7, 11) is 0. The van der Waals surface area contributed by atoms with Crippen molar-refractivity contribution in [1.29, 1.82) is 0 Å². The molecule has 0 radical (unpaired) electrons. The van der Waals surface area contributed by atoms with Gasteiger partial charge in [0.1, 0.15) is 0 Å². The molecule has 0 saturated carbocycles. The van der Waals surface area contributed by atoms with Crippen molar-refractivity contribution >= 4 is 23.3 Å². The summed E-state index contributed by atoms with van der Waals surface area (Å²) in [5.74, 6) is -1.64. The first-order valence-corrected chi connectivity index (χ1v) is 6.05. The van der Waals surface area contributed by atoms with Crippen LogP contribution in [0.1, 0.15) is 23.2 Å². The number of rotatable bonds is 4. The number of benzene rings is 1. The second kappa shape index (κ2) is 5.66. The van der Waals surface area contributed by atoms with Crippen LogP contribution in [0.2, 0.25) is 0 Å². The summed E-state index contributed by atoms with van der Waals surface area (Å²) >= 11 is 0. The average Bonchev–Trinajstić information content (AvgIpc) is 2.92. The summed E-state index contributed by atoms with van der Waals surface area (Å²) in [6, 6.07) is 2.86. The highest BCUT2D eigenvalue weighted by Crippen LogP contribution is 2.23. The van der Waals surface area contributed by atoms with Crippen LogP contribution in [0.15, 0.2) is 18.2 Å². The molecule has 1 fully saturated rings. The molecule has 1 aromatic carbocycles. The van der Waals surface area contributed by atoms with Crippen molar-refractivity contribution in [3.05, 3.63) is 33.9 Å². The molecule has 106 valence electrons. The zero-order valence-electron chi connectivity index (χ0n) is 10.5. The highest BCUT2D eigenvalue weighted by Gasteiger charge is 2.24. The number of hydrogen-bond acceptors (Lipinski definition) is 5. The van der Waals surface area contributed by atoms with Gasteiger partial charge in [0.25, 0.3) is 5.69 Å². The molecule has 0 bridgehead atoms. The largest absolute Gasteiger partial charge is 0.478 e. The molecular weight excluding hydrogens is 266 g/mol. The number of amides is 1. The van der Waals surface area contributed by atoms with Gasteiger partial charge in [-0.3, -0.25) is 14.9 Å². The van der Waals surface area contributed by atoms with Crippen LogP contribution >= 0.6 is 0 Å². The normalized spacial score (nSPS) is 17.7. The number of carbonyl (C=O) groups excluding carboxylic acids is 1. The molecule has 3 N–H and O–H groups in total. The number of carboxylic acid groups (broad SMARTS) is 1. The van der Waals surface area contributed by atoms with Crippen LogP contribution < -0.4 is 10.6 Å². The first-order valence-electron chi connectivity index (χ1n) is 6.05. The first-order chi connectivity index (χ1) is 9.49. The number of nitro groups is 1. The Balaban J connectivity index is 2.27. The lowest BCUT2D eigenvalue weighted by Gasteiger charge is -2.12. The number of nitrogens with zero attached hydrogens (tertiary/aromatic N) is 1. The lowest BCUT2D eigenvalue weighted by atomic mass is 10.1. The number of aromatic carboxylic acids is 1. The molecule has 1 saturated heterocycles. The fourth-order valence-corrected chi connectivity index (χ4v) is 2.06. The minimum atomic E-state index is -1.26. The van der Waals surface area contributed by atoms with Crippen LogP contribution in [-0.4, -0.2) is 34.5 Å². The van der Waals surface area contributed by atoms with E-state index in [0.717, 1.165) is 31.2 Å². The van der Waals surface area contributed by atoms with Crippen molar-refractivity contribution in [3.63, 3.8) is 0 Å². The summed E-state index contributed by atoms with van der Waals surface area (Å²) in [5, 5.41) is 25.2. The van der Waals surface area contributed by atoms with Crippen molar-refractivity contribution in [2.45, 2.75) is 18.9 Å². The van der Waals surface area contributed by atoms with Gasteiger partial charge < -0.3 is 15.7 Å². The van der Waals surface area contributed by atoms with E-state index in [2.05, 4.69) is 10.6 Å². The molecule has 20 heavy (non-hydrogen) atoms. The maximum atomic E-state index is 11.9. The van der Waals surface area contributed by atoms with Crippen LogP contribution in [-0.2, 0) is 4.79 Å². The Morgan fingerprint density at radius 2 is 2.20 bits per heavy atom. The van der Waals surface area contributed by atoms with E-state index < -0.39 is 16.9 Å². The van der Waals surface area contributed by atoms with E-state index in [1.807, 2.05) is 0 Å². The fraction of sp³-hybridized carbons (Fsp3) is 0.333. The molecular formula is C12H13N3O5. The average molecular weight is 279 g/mol. The van der Waals surface area contributed by atoms with Gasteiger partial charge in [-0.15, -0.1) is 0 Å². The number of nitro benzene ring substituents is 1. The number of hydrogen-bond donors (Lipinski definition) is 3. The molecule has 1 aromatic rings. The third-order valence-electron chi connectivity index (χ3n) is 3.08. The van der Waals surface area contributed by atoms with Crippen molar-refractivity contribution in [2.24, 2.45) is 0 Å². The molecule has 1 aliphatic rings. The topological polar surface area (TPSA) is 122 Å². The van der Waals surface area contributed by atoms with Crippen LogP contribution in [0.5, 0.6) is 0 Å². The molecule has 1 aliphatic heterocycles. The van der Waals surface area contributed by atoms with Crippen molar-refractivity contribution in [3.8, 4) is 0 Å². The number of carbonyl (C=O) groups is 2. The zero-order chi connectivity index (χ0) is 14.7. The van der Waals surface area contributed by atoms with Crippen molar-refractivity contribution in [1.82, 2.24) is 5.32 Å². The Labute approximate surface area is 113 Å². The third-order valence-corrected chi connectivity index (χ3v) is 3.08. The van der Waals surface area contributed by atoms with E-state index in [-0.39, 0.29) is 22.8 Å². The Kier molecular flexibility index (Phi) is 3.94. The summed E-state index contributed by atoms with van der Waals surface area (Å²) in [6.07, 6.45) is 1.52. The van der Waals surface area contributed by atoms with Gasteiger partial charge in [0, 0.05) is 12.1 Å². The predicted octanol–water partition coefficient (Wildman–Crippen LogP) is 0.983. The molecule has 2 rings (SSSR count). The minimum absolute atomic E-state index is 0.0644. The van der Waals surface area contributed by atoms with E-state index in [1.54, 1.807) is 0 Å². The molecule has 0 aromatic heterocycles. The molecule has 1 heterocycles. The van der Waals surface area contributed by atoms with Gasteiger partial charge in [0.05, 0.1) is 22.2 Å². The molecule has 1 atom stereocenters. The van der Waals surface area contributed by atoms with Gasteiger partial charge in [-0.2, -0.15) is 0 Å². The van der Waals surface area contributed by atoms with Gasteiger partial charge in [-0.25, -0.2) is 4.79 Å². The van der Waals surface area contributed by atoms with E-state index in [9.17, 15) is 19.7 Å². The van der Waals surface area contributed by atoms with Gasteiger partial charge in [0.15, 0.2) is 0 Å². The SMILES string of the molecule is O=C(O)c1ccc([N+](=O)[O-])cc1NC(=O)C1CCCN1. The van der Waals surface area contributed by atoms with Gasteiger partial charge in [-0.05, 0) is 25.5 Å². The van der Waals surface area contributed by atoms with E-state index in [4.69, 9.17) is 5.11 Å². The maximum Gasteiger partial charge on any atom is 0.337 e. The summed E-state index contributed by atoms with van der Waals surface area (Å²) in [5.41, 5.74) is -0.517. The number of carboxylic acids is 1. The van der Waals surface area contributed by atoms with E-state index in [0.29, 0.717) is 6.42 Å². The van der Waals surface area contributed by atoms with E-state index >= 15 is 0 Å². The van der Waals surface area contributed by atoms with E-state index in [1.165, 1.54) is 0 Å². The second-order valence-corrected chi connectivity index (χ2v) is 4.43. The number of non-ortho nitro benzene ring substituents is 1. The van der Waals surface area contributed by atoms with Crippen molar-refractivity contribution < 1.29 is 19.6 Å². The van der Waals surface area contributed by atoms with Gasteiger partial charge >= 0.3 is 5.97 Å². The van der Waals surface area contributed by atoms with Crippen LogP contribution in [0.3, 0.4) is 0 Å². The van der Waals surface area contributed by atoms with Crippen LogP contribution in [0, 0.1) is 10.1 Å². The third kappa shape index (κ3) is 2.91. The van der Waals surface area contributed by atoms with Crippen LogP contribution in [0.25, 0.3) is 0 Å². The highest BCUT2D eigenvalue weighted by atomic mass is 16.6. The number of nitrogens with one attached hydrogen (secondary N) is 2. The molecule has 0 aliphatic carbocycles. The minimum Gasteiger partial charge on any atom is -0.478 e. The first kappa shape index (κ1) is 13.9. The number of anilines is 1. The van der Waals surface area contributed by atoms with Gasteiger partial charge in [0.2, 0.25) is 5.91 Å². The second-order valence-electron chi connectivity index (χ2n) is 4.43. The molecule has 1 unspecified atom stereocenters. The van der Waals surface area contributed by atoms with Crippen LogP contribution in [0.4, 0.5) is 11.4 Å². The maximum absolute atomic E-state index is 11.9.